The Balaban J connectivity index is 1.71. The highest BCUT2D eigenvalue weighted by Gasteiger charge is 2.35. The Labute approximate surface area is 130 Å². The van der Waals surface area contributed by atoms with Crippen LogP contribution >= 0.6 is 0 Å². The molecule has 1 aliphatic carbocycles. The lowest BCUT2D eigenvalue weighted by molar-refractivity contribution is 0.0788. The van der Waals surface area contributed by atoms with Gasteiger partial charge in [0.2, 0.25) is 0 Å². The highest BCUT2D eigenvalue weighted by Crippen LogP contribution is 2.35. The number of hydrogen-bond acceptors (Lipinski definition) is 4. The van der Waals surface area contributed by atoms with E-state index in [2.05, 4.69) is 17.9 Å². The van der Waals surface area contributed by atoms with E-state index in [9.17, 15) is 5.11 Å². The molecule has 0 radical (unpaired) electrons. The second-order valence-corrected chi connectivity index (χ2v) is 5.87. The summed E-state index contributed by atoms with van der Waals surface area (Å²) in [6.45, 7) is 2.68. The first-order valence-electron chi connectivity index (χ1n) is 7.66. The van der Waals surface area contributed by atoms with E-state index in [0.29, 0.717) is 18.2 Å². The Morgan fingerprint density at radius 1 is 1.32 bits per heavy atom. The van der Waals surface area contributed by atoms with Gasteiger partial charge in [0.05, 0.1) is 30.0 Å². The number of rotatable bonds is 6. The van der Waals surface area contributed by atoms with Gasteiger partial charge in [0.15, 0.2) is 0 Å². The minimum absolute atomic E-state index is 0.149. The molecule has 1 N–H and O–H groups in total. The van der Waals surface area contributed by atoms with Gasteiger partial charge in [-0.15, -0.1) is 0 Å². The summed E-state index contributed by atoms with van der Waals surface area (Å²) < 4.78 is 5.51. The minimum atomic E-state index is -0.564. The van der Waals surface area contributed by atoms with Crippen LogP contribution in [-0.2, 0) is 0 Å². The number of nitrogens with zero attached hydrogens (tertiary/aromatic N) is 2. The molecular formula is C18H20N2O2. The average molecular weight is 296 g/mol. The lowest BCUT2D eigenvalue weighted by Crippen LogP contribution is -2.33. The summed E-state index contributed by atoms with van der Waals surface area (Å²) in [4.78, 5) is 2.31. The summed E-state index contributed by atoms with van der Waals surface area (Å²) in [6, 6.07) is 13.8. The average Bonchev–Trinajstić information content (AvgIpc) is 3.25. The lowest BCUT2D eigenvalue weighted by atomic mass is 10.1. The fourth-order valence-electron chi connectivity index (χ4n) is 2.81. The van der Waals surface area contributed by atoms with E-state index in [1.165, 1.54) is 12.8 Å². The van der Waals surface area contributed by atoms with Crippen LogP contribution in [0.5, 0.6) is 0 Å². The van der Waals surface area contributed by atoms with E-state index in [-0.39, 0.29) is 6.04 Å². The van der Waals surface area contributed by atoms with Crippen molar-refractivity contribution in [2.24, 2.45) is 0 Å². The van der Waals surface area contributed by atoms with Crippen LogP contribution in [0.25, 0.3) is 0 Å². The fourth-order valence-corrected chi connectivity index (χ4v) is 2.81. The molecule has 0 saturated heterocycles. The Morgan fingerprint density at radius 2 is 2.05 bits per heavy atom. The maximum atomic E-state index is 10.5. The Kier molecular flexibility index (Phi) is 4.28. The molecule has 4 heteroatoms. The number of hydrogen-bond donors (Lipinski definition) is 1. The molecule has 4 nitrogen and oxygen atoms in total. The summed E-state index contributed by atoms with van der Waals surface area (Å²) in [6.07, 6.45) is 3.47. The molecule has 0 amide bonds. The van der Waals surface area contributed by atoms with E-state index in [1.54, 1.807) is 18.4 Å². The molecule has 114 valence electrons. The van der Waals surface area contributed by atoms with Crippen LogP contribution in [0.3, 0.4) is 0 Å². The van der Waals surface area contributed by atoms with Crippen LogP contribution in [0.15, 0.2) is 47.1 Å². The molecule has 0 spiro atoms. The molecule has 1 aliphatic rings. The predicted octanol–water partition coefficient (Wildman–Crippen LogP) is 3.41. The lowest BCUT2D eigenvalue weighted by Gasteiger charge is -2.30. The van der Waals surface area contributed by atoms with Crippen molar-refractivity contribution in [3.63, 3.8) is 0 Å². The Morgan fingerprint density at radius 3 is 2.59 bits per heavy atom. The van der Waals surface area contributed by atoms with Gasteiger partial charge in [-0.1, -0.05) is 12.1 Å². The van der Waals surface area contributed by atoms with Gasteiger partial charge in [-0.3, -0.25) is 4.90 Å². The molecule has 1 saturated carbocycles. The summed E-state index contributed by atoms with van der Waals surface area (Å²) in [5, 5.41) is 19.4. The highest BCUT2D eigenvalue weighted by molar-refractivity contribution is 5.32. The van der Waals surface area contributed by atoms with Gasteiger partial charge in [0.1, 0.15) is 5.76 Å². The number of aliphatic hydroxyl groups excluding tert-OH is 1. The van der Waals surface area contributed by atoms with Crippen LogP contribution in [0.2, 0.25) is 0 Å². The maximum absolute atomic E-state index is 10.5. The first-order valence-corrected chi connectivity index (χ1v) is 7.66. The van der Waals surface area contributed by atoms with Crippen LogP contribution < -0.4 is 0 Å². The van der Waals surface area contributed by atoms with Crippen LogP contribution in [0.4, 0.5) is 0 Å². The molecule has 0 aliphatic heterocycles. The first kappa shape index (κ1) is 14.8. The van der Waals surface area contributed by atoms with Crippen molar-refractivity contribution in [2.45, 2.75) is 38.0 Å². The fraction of sp³-hybridized carbons (Fsp3) is 0.389. The monoisotopic (exact) mass is 296 g/mol. The van der Waals surface area contributed by atoms with Crippen molar-refractivity contribution in [3.8, 4) is 6.07 Å². The van der Waals surface area contributed by atoms with Crippen molar-refractivity contribution < 1.29 is 9.52 Å². The third-order valence-corrected chi connectivity index (χ3v) is 4.28. The van der Waals surface area contributed by atoms with Gasteiger partial charge < -0.3 is 9.52 Å². The van der Waals surface area contributed by atoms with E-state index >= 15 is 0 Å². The van der Waals surface area contributed by atoms with E-state index in [0.717, 1.165) is 11.3 Å². The van der Waals surface area contributed by atoms with Gasteiger partial charge >= 0.3 is 0 Å². The van der Waals surface area contributed by atoms with Crippen LogP contribution in [0.1, 0.15) is 48.8 Å². The number of nitriles is 1. The zero-order valence-corrected chi connectivity index (χ0v) is 12.6. The summed E-state index contributed by atoms with van der Waals surface area (Å²) in [5.74, 6) is 0.930. The standard InChI is InChI=1S/C18H20N2O2/c1-13(18-3-2-10-22-18)20(16-8-9-16)12-17(21)15-6-4-14(11-19)5-7-15/h2-7,10,13,16-17,21H,8-9,12H2,1H3. The van der Waals surface area contributed by atoms with Crippen molar-refractivity contribution >= 4 is 0 Å². The van der Waals surface area contributed by atoms with Gasteiger partial charge in [-0.05, 0) is 49.6 Å². The first-order chi connectivity index (χ1) is 10.7. The molecule has 2 unspecified atom stereocenters. The Hall–Kier alpha value is -2.09. The number of benzene rings is 1. The second-order valence-electron chi connectivity index (χ2n) is 5.87. The maximum Gasteiger partial charge on any atom is 0.120 e. The largest absolute Gasteiger partial charge is 0.468 e. The zero-order valence-electron chi connectivity index (χ0n) is 12.6. The quantitative estimate of drug-likeness (QED) is 0.887. The van der Waals surface area contributed by atoms with Gasteiger partial charge in [0.25, 0.3) is 0 Å². The molecule has 3 rings (SSSR count). The van der Waals surface area contributed by atoms with E-state index in [1.807, 2.05) is 24.3 Å². The molecular weight excluding hydrogens is 276 g/mol. The molecule has 22 heavy (non-hydrogen) atoms. The van der Waals surface area contributed by atoms with Crippen LogP contribution in [0, 0.1) is 11.3 Å². The van der Waals surface area contributed by atoms with Crippen LogP contribution in [-0.4, -0.2) is 22.6 Å². The molecule has 2 atom stereocenters. The molecule has 1 aromatic carbocycles. The normalized spacial score (nSPS) is 17.2. The molecule has 1 aromatic heterocycles. The summed E-state index contributed by atoms with van der Waals surface area (Å²) in [5.41, 5.74) is 1.45. The second kappa shape index (κ2) is 6.35. The number of furan rings is 1. The highest BCUT2D eigenvalue weighted by atomic mass is 16.3. The van der Waals surface area contributed by atoms with Gasteiger partial charge in [-0.2, -0.15) is 5.26 Å². The minimum Gasteiger partial charge on any atom is -0.468 e. The third-order valence-electron chi connectivity index (χ3n) is 4.28. The smallest absolute Gasteiger partial charge is 0.120 e. The van der Waals surface area contributed by atoms with Gasteiger partial charge in [-0.25, -0.2) is 0 Å². The topological polar surface area (TPSA) is 60.4 Å². The zero-order chi connectivity index (χ0) is 15.5. The molecule has 1 fully saturated rings. The predicted molar refractivity (Wildman–Crippen MR) is 83.0 cm³/mol. The summed E-state index contributed by atoms with van der Waals surface area (Å²) >= 11 is 0. The van der Waals surface area contributed by atoms with E-state index < -0.39 is 6.10 Å². The van der Waals surface area contributed by atoms with Crippen molar-refractivity contribution in [1.29, 1.82) is 5.26 Å². The van der Waals surface area contributed by atoms with Crippen molar-refractivity contribution in [3.05, 3.63) is 59.5 Å². The number of aliphatic hydroxyl groups is 1. The molecule has 1 heterocycles. The van der Waals surface area contributed by atoms with E-state index in [4.69, 9.17) is 9.68 Å². The third kappa shape index (κ3) is 3.22. The molecule has 0 bridgehead atoms. The summed E-state index contributed by atoms with van der Waals surface area (Å²) in [7, 11) is 0. The van der Waals surface area contributed by atoms with Gasteiger partial charge in [0, 0.05) is 12.6 Å². The van der Waals surface area contributed by atoms with Crippen molar-refractivity contribution in [2.75, 3.05) is 6.54 Å². The molecule has 2 aromatic rings. The SMILES string of the molecule is CC(c1ccco1)N(CC(O)c1ccc(C#N)cc1)C1CC1. The van der Waals surface area contributed by atoms with Crippen molar-refractivity contribution in [1.82, 2.24) is 4.90 Å². The Bertz CT molecular complexity index is 639.